The van der Waals surface area contributed by atoms with Gasteiger partial charge in [0.2, 0.25) is 0 Å². The van der Waals surface area contributed by atoms with Crippen molar-refractivity contribution >= 4 is 28.9 Å². The normalized spacial score (nSPS) is 10.2. The van der Waals surface area contributed by atoms with E-state index in [-0.39, 0.29) is 17.2 Å². The molecular weight excluding hydrogens is 386 g/mol. The quantitative estimate of drug-likeness (QED) is 0.444. The number of carbonyl (C=O) groups is 2. The van der Waals surface area contributed by atoms with E-state index in [9.17, 15) is 19.7 Å². The molecular formula is C22H19N3O5. The van der Waals surface area contributed by atoms with E-state index in [1.165, 1.54) is 24.3 Å². The number of nitro benzene ring substituents is 1. The van der Waals surface area contributed by atoms with Crippen molar-refractivity contribution in [3.8, 4) is 5.75 Å². The number of rotatable bonds is 7. The lowest BCUT2D eigenvalue weighted by Gasteiger charge is -2.11. The van der Waals surface area contributed by atoms with Crippen molar-refractivity contribution in [1.82, 2.24) is 0 Å². The average Bonchev–Trinajstić information content (AvgIpc) is 2.76. The Morgan fingerprint density at radius 1 is 0.867 bits per heavy atom. The lowest BCUT2D eigenvalue weighted by atomic mass is 10.1. The SMILES string of the molecule is CCOc1ccccc1NC(=O)c1ccc(NC(=O)c2ccc([N+](=O)[O-])cc2)cc1. The third-order valence-electron chi connectivity index (χ3n) is 4.18. The van der Waals surface area contributed by atoms with Crippen LogP contribution in [0.15, 0.2) is 72.8 Å². The van der Waals surface area contributed by atoms with Gasteiger partial charge in [-0.15, -0.1) is 0 Å². The summed E-state index contributed by atoms with van der Waals surface area (Å²) >= 11 is 0. The molecule has 0 spiro atoms. The smallest absolute Gasteiger partial charge is 0.269 e. The molecule has 0 atom stereocenters. The van der Waals surface area contributed by atoms with Crippen molar-refractivity contribution in [2.24, 2.45) is 0 Å². The van der Waals surface area contributed by atoms with Crippen LogP contribution in [0.2, 0.25) is 0 Å². The van der Waals surface area contributed by atoms with Crippen LogP contribution in [0.4, 0.5) is 17.1 Å². The summed E-state index contributed by atoms with van der Waals surface area (Å²) in [5.74, 6) is -0.136. The molecule has 0 unspecified atom stereocenters. The van der Waals surface area contributed by atoms with Crippen LogP contribution in [0.25, 0.3) is 0 Å². The molecule has 0 heterocycles. The third kappa shape index (κ3) is 4.99. The van der Waals surface area contributed by atoms with E-state index in [0.717, 1.165) is 0 Å². The van der Waals surface area contributed by atoms with Gasteiger partial charge in [0.25, 0.3) is 17.5 Å². The van der Waals surface area contributed by atoms with Crippen molar-refractivity contribution in [2.45, 2.75) is 6.92 Å². The Morgan fingerprint density at radius 3 is 2.03 bits per heavy atom. The van der Waals surface area contributed by atoms with Gasteiger partial charge in [-0.3, -0.25) is 19.7 Å². The molecule has 0 radical (unpaired) electrons. The Hall–Kier alpha value is -4.20. The van der Waals surface area contributed by atoms with Gasteiger partial charge in [-0.1, -0.05) is 12.1 Å². The summed E-state index contributed by atoms with van der Waals surface area (Å²) in [6.07, 6.45) is 0. The summed E-state index contributed by atoms with van der Waals surface area (Å²) in [6, 6.07) is 18.8. The molecule has 2 N–H and O–H groups in total. The first-order valence-electron chi connectivity index (χ1n) is 9.17. The number of nitro groups is 1. The highest BCUT2D eigenvalue weighted by molar-refractivity contribution is 6.06. The van der Waals surface area contributed by atoms with E-state index in [1.807, 2.05) is 13.0 Å². The predicted molar refractivity (Wildman–Crippen MR) is 113 cm³/mol. The Balaban J connectivity index is 1.65. The molecule has 8 nitrogen and oxygen atoms in total. The monoisotopic (exact) mass is 405 g/mol. The fourth-order valence-corrected chi connectivity index (χ4v) is 2.69. The van der Waals surface area contributed by atoms with Crippen molar-refractivity contribution in [1.29, 1.82) is 0 Å². The van der Waals surface area contributed by atoms with E-state index < -0.39 is 10.8 Å². The first kappa shape index (κ1) is 20.5. The second kappa shape index (κ2) is 9.33. The minimum Gasteiger partial charge on any atom is -0.492 e. The maximum absolute atomic E-state index is 12.5. The lowest BCUT2D eigenvalue weighted by molar-refractivity contribution is -0.384. The number of hydrogen-bond acceptors (Lipinski definition) is 5. The zero-order valence-electron chi connectivity index (χ0n) is 16.1. The number of hydrogen-bond donors (Lipinski definition) is 2. The number of para-hydroxylation sites is 2. The summed E-state index contributed by atoms with van der Waals surface area (Å²) in [4.78, 5) is 34.9. The fraction of sp³-hybridized carbons (Fsp3) is 0.0909. The van der Waals surface area contributed by atoms with Crippen molar-refractivity contribution in [3.63, 3.8) is 0 Å². The highest BCUT2D eigenvalue weighted by Gasteiger charge is 2.12. The van der Waals surface area contributed by atoms with E-state index >= 15 is 0 Å². The number of ether oxygens (including phenoxy) is 1. The Labute approximate surface area is 172 Å². The number of amides is 2. The standard InChI is InChI=1S/C22H19N3O5/c1-2-30-20-6-4-3-5-19(20)24-22(27)15-7-11-17(12-8-15)23-21(26)16-9-13-18(14-10-16)25(28)29/h3-14H,2H2,1H3,(H,23,26)(H,24,27). The largest absolute Gasteiger partial charge is 0.492 e. The van der Waals surface area contributed by atoms with Gasteiger partial charge >= 0.3 is 0 Å². The summed E-state index contributed by atoms with van der Waals surface area (Å²) in [5, 5.41) is 16.2. The molecule has 152 valence electrons. The maximum Gasteiger partial charge on any atom is 0.269 e. The summed E-state index contributed by atoms with van der Waals surface area (Å²) in [5.41, 5.74) is 1.67. The molecule has 0 fully saturated rings. The number of nitrogens with one attached hydrogen (secondary N) is 2. The summed E-state index contributed by atoms with van der Waals surface area (Å²) < 4.78 is 5.50. The molecule has 0 saturated heterocycles. The van der Waals surface area contributed by atoms with Gasteiger partial charge < -0.3 is 15.4 Å². The van der Waals surface area contributed by atoms with E-state index in [2.05, 4.69) is 10.6 Å². The molecule has 0 bridgehead atoms. The Bertz CT molecular complexity index is 1060. The Morgan fingerprint density at radius 2 is 1.43 bits per heavy atom. The van der Waals surface area contributed by atoms with E-state index in [0.29, 0.717) is 29.3 Å². The lowest BCUT2D eigenvalue weighted by Crippen LogP contribution is -2.14. The van der Waals surface area contributed by atoms with Crippen LogP contribution in [0.1, 0.15) is 27.6 Å². The van der Waals surface area contributed by atoms with Crippen molar-refractivity contribution in [2.75, 3.05) is 17.2 Å². The molecule has 30 heavy (non-hydrogen) atoms. The second-order valence-corrected chi connectivity index (χ2v) is 6.22. The van der Waals surface area contributed by atoms with Crippen LogP contribution in [0.3, 0.4) is 0 Å². The van der Waals surface area contributed by atoms with Crippen molar-refractivity contribution < 1.29 is 19.2 Å². The van der Waals surface area contributed by atoms with Crippen LogP contribution in [0.5, 0.6) is 5.75 Å². The van der Waals surface area contributed by atoms with Crippen molar-refractivity contribution in [3.05, 3.63) is 94.0 Å². The number of benzene rings is 3. The molecule has 0 aromatic heterocycles. The summed E-state index contributed by atoms with van der Waals surface area (Å²) in [6.45, 7) is 2.35. The van der Waals surface area contributed by atoms with Crippen LogP contribution in [-0.2, 0) is 0 Å². The maximum atomic E-state index is 12.5. The first-order chi connectivity index (χ1) is 14.5. The molecule has 3 aromatic carbocycles. The predicted octanol–water partition coefficient (Wildman–Crippen LogP) is 4.50. The molecule has 8 heteroatoms. The van der Waals surface area contributed by atoms with Crippen LogP contribution < -0.4 is 15.4 Å². The third-order valence-corrected chi connectivity index (χ3v) is 4.18. The van der Waals surface area contributed by atoms with Gasteiger partial charge in [0.1, 0.15) is 5.75 Å². The number of carbonyl (C=O) groups excluding carboxylic acids is 2. The molecule has 2 amide bonds. The minimum absolute atomic E-state index is 0.0900. The average molecular weight is 405 g/mol. The van der Waals surface area contributed by atoms with Gasteiger partial charge in [-0.05, 0) is 55.5 Å². The molecule has 3 aromatic rings. The molecule has 0 aliphatic heterocycles. The van der Waals surface area contributed by atoms with Gasteiger partial charge in [0.05, 0.1) is 17.2 Å². The number of non-ortho nitro benzene ring substituents is 1. The van der Waals surface area contributed by atoms with Crippen LogP contribution in [-0.4, -0.2) is 23.3 Å². The highest BCUT2D eigenvalue weighted by atomic mass is 16.6. The van der Waals surface area contributed by atoms with Gasteiger partial charge in [-0.2, -0.15) is 0 Å². The molecule has 0 aliphatic carbocycles. The van der Waals surface area contributed by atoms with Crippen LogP contribution in [0, 0.1) is 10.1 Å². The zero-order chi connectivity index (χ0) is 21.5. The minimum atomic E-state index is -0.530. The van der Waals surface area contributed by atoms with E-state index in [1.54, 1.807) is 42.5 Å². The van der Waals surface area contributed by atoms with Crippen LogP contribution >= 0.6 is 0 Å². The highest BCUT2D eigenvalue weighted by Crippen LogP contribution is 2.24. The van der Waals surface area contributed by atoms with E-state index in [4.69, 9.17) is 4.74 Å². The second-order valence-electron chi connectivity index (χ2n) is 6.22. The number of nitrogens with zero attached hydrogens (tertiary/aromatic N) is 1. The van der Waals surface area contributed by atoms with Gasteiger partial charge in [0, 0.05) is 28.9 Å². The topological polar surface area (TPSA) is 111 Å². The zero-order valence-corrected chi connectivity index (χ0v) is 16.1. The van der Waals surface area contributed by atoms with Gasteiger partial charge in [0.15, 0.2) is 0 Å². The van der Waals surface area contributed by atoms with Gasteiger partial charge in [-0.25, -0.2) is 0 Å². The number of anilines is 2. The first-order valence-corrected chi connectivity index (χ1v) is 9.17. The fourth-order valence-electron chi connectivity index (χ4n) is 2.69. The molecule has 0 aliphatic rings. The summed E-state index contributed by atoms with van der Waals surface area (Å²) in [7, 11) is 0. The molecule has 3 rings (SSSR count). The molecule has 0 saturated carbocycles. The Kier molecular flexibility index (Phi) is 6.39.